The molecule has 1 saturated carbocycles. The van der Waals surface area contributed by atoms with E-state index < -0.39 is 21.2 Å². The Morgan fingerprint density at radius 2 is 1.73 bits per heavy atom. The Hall–Kier alpha value is -4.42. The molecule has 4 heterocycles. The number of rotatable bonds is 11. The van der Waals surface area contributed by atoms with Crippen molar-refractivity contribution in [3.63, 3.8) is 0 Å². The number of aromatic nitrogens is 2. The maximum absolute atomic E-state index is 15.2. The quantitative estimate of drug-likeness (QED) is 0.204. The van der Waals surface area contributed by atoms with Gasteiger partial charge in [0.05, 0.1) is 30.9 Å². The molecule has 11 nitrogen and oxygen atoms in total. The van der Waals surface area contributed by atoms with E-state index in [1.54, 1.807) is 27.0 Å². The fourth-order valence-corrected chi connectivity index (χ4v) is 10.6. The molecule has 60 heavy (non-hydrogen) atoms. The summed E-state index contributed by atoms with van der Waals surface area (Å²) in [6.45, 7) is 20.0. The van der Waals surface area contributed by atoms with E-state index in [4.69, 9.17) is 16.3 Å². The first-order valence-corrected chi connectivity index (χ1v) is 23.6. The number of piperazine rings is 1. The van der Waals surface area contributed by atoms with Crippen molar-refractivity contribution >= 4 is 44.9 Å². The zero-order chi connectivity index (χ0) is 43.3. The Morgan fingerprint density at radius 1 is 1.00 bits per heavy atom. The third-order valence-corrected chi connectivity index (χ3v) is 15.0. The molecular weight excluding hydrogens is 773 g/mol. The van der Waals surface area contributed by atoms with Gasteiger partial charge in [0.2, 0.25) is 10.0 Å². The Balaban J connectivity index is 1.37. The van der Waals surface area contributed by atoms with Crippen LogP contribution in [0.25, 0.3) is 17.3 Å². The highest BCUT2D eigenvalue weighted by atomic mass is 32.2. The van der Waals surface area contributed by atoms with Crippen LogP contribution in [-0.2, 0) is 16.4 Å². The van der Waals surface area contributed by atoms with Crippen molar-refractivity contribution in [1.29, 1.82) is 0 Å². The molecule has 3 atom stereocenters. The number of hydrogen-bond acceptors (Lipinski definition) is 8. The summed E-state index contributed by atoms with van der Waals surface area (Å²) in [5.74, 6) is 0.473. The lowest BCUT2D eigenvalue weighted by Crippen LogP contribution is -2.60. The highest BCUT2D eigenvalue weighted by Crippen LogP contribution is 2.43. The van der Waals surface area contributed by atoms with Gasteiger partial charge >= 0.3 is 0 Å². The average molecular weight is 839 g/mol. The Bertz CT molecular complexity index is 2260. The van der Waals surface area contributed by atoms with E-state index in [0.717, 1.165) is 84.4 Å². The smallest absolute Gasteiger partial charge is 0.275 e. The summed E-state index contributed by atoms with van der Waals surface area (Å²) in [6, 6.07) is 11.9. The number of likely N-dealkylation sites (tertiary alicyclic amines) is 1. The van der Waals surface area contributed by atoms with Gasteiger partial charge in [0.1, 0.15) is 5.75 Å². The van der Waals surface area contributed by atoms with Gasteiger partial charge in [-0.2, -0.15) is 0 Å². The minimum Gasteiger partial charge on any atom is -0.497 e. The van der Waals surface area contributed by atoms with Crippen LogP contribution in [0.4, 0.5) is 5.69 Å². The molecule has 1 aromatic heterocycles. The number of fused-ring (bicyclic) bond motifs is 3. The molecule has 1 N–H and O–H groups in total. The SMILES string of the molecule is C=C1c2ccc(OC)cc2C=C(c2c(C(=O)N3C4CCC3C(CC(C)(C)C)N(C)C4)ncn2C(C)C)CN1c1cc(C(=O)NS(=O)(=O)C(C)C)ccc1CC1CCCCC1. The van der Waals surface area contributed by atoms with E-state index in [9.17, 15) is 13.2 Å². The van der Waals surface area contributed by atoms with Crippen molar-refractivity contribution in [2.45, 2.75) is 136 Å². The van der Waals surface area contributed by atoms with Crippen molar-refractivity contribution in [3.8, 4) is 5.75 Å². The topological polar surface area (TPSA) is 117 Å². The van der Waals surface area contributed by atoms with Gasteiger partial charge < -0.3 is 19.1 Å². The molecule has 12 heteroatoms. The van der Waals surface area contributed by atoms with Crippen LogP contribution in [0.15, 0.2) is 49.3 Å². The van der Waals surface area contributed by atoms with Crippen LogP contribution in [-0.4, -0.2) is 90.2 Å². The Morgan fingerprint density at radius 3 is 2.40 bits per heavy atom. The molecule has 3 unspecified atom stereocenters. The lowest BCUT2D eigenvalue weighted by atomic mass is 9.83. The fourth-order valence-electron chi connectivity index (χ4n) is 10.0. The normalized spacial score (nSPS) is 21.6. The van der Waals surface area contributed by atoms with Crippen molar-refractivity contribution in [1.82, 2.24) is 24.1 Å². The number of hydrogen-bond donors (Lipinski definition) is 1. The van der Waals surface area contributed by atoms with E-state index in [0.29, 0.717) is 23.9 Å². The second kappa shape index (κ2) is 17.2. The lowest BCUT2D eigenvalue weighted by molar-refractivity contribution is 0.0134. The van der Waals surface area contributed by atoms with E-state index >= 15 is 4.79 Å². The molecule has 0 spiro atoms. The molecule has 2 aromatic carbocycles. The highest BCUT2D eigenvalue weighted by molar-refractivity contribution is 7.90. The van der Waals surface area contributed by atoms with Gasteiger partial charge in [-0.1, -0.05) is 65.5 Å². The third-order valence-electron chi connectivity index (χ3n) is 13.2. The zero-order valence-electron chi connectivity index (χ0n) is 37.3. The molecular formula is C48H66N6O5S. The number of carbonyl (C=O) groups excluding carboxylic acids is 2. The van der Waals surface area contributed by atoms with Crippen LogP contribution in [0, 0.1) is 11.3 Å². The largest absolute Gasteiger partial charge is 0.497 e. The van der Waals surface area contributed by atoms with Gasteiger partial charge in [0.15, 0.2) is 5.69 Å². The van der Waals surface area contributed by atoms with Crippen molar-refractivity contribution < 1.29 is 22.7 Å². The minimum atomic E-state index is -3.87. The predicted molar refractivity (Wildman–Crippen MR) is 242 cm³/mol. The number of amides is 2. The number of carbonyl (C=O) groups is 2. The highest BCUT2D eigenvalue weighted by Gasteiger charge is 2.49. The number of likely N-dealkylation sites (N-methyl/N-ethyl adjacent to an activating group) is 1. The maximum atomic E-state index is 15.2. The van der Waals surface area contributed by atoms with Crippen LogP contribution < -0.4 is 14.4 Å². The molecule has 3 aliphatic heterocycles. The van der Waals surface area contributed by atoms with Crippen molar-refractivity contribution in [2.75, 3.05) is 32.1 Å². The number of ether oxygens (including phenoxy) is 1. The molecule has 7 rings (SSSR count). The van der Waals surface area contributed by atoms with Crippen LogP contribution in [0.5, 0.6) is 5.75 Å². The fraction of sp³-hybridized carbons (Fsp3) is 0.562. The summed E-state index contributed by atoms with van der Waals surface area (Å²) in [5.41, 5.74) is 6.80. The Kier molecular flexibility index (Phi) is 12.5. The molecule has 1 aliphatic carbocycles. The first kappa shape index (κ1) is 43.7. The molecule has 2 saturated heterocycles. The summed E-state index contributed by atoms with van der Waals surface area (Å²) < 4.78 is 35.9. The van der Waals surface area contributed by atoms with E-state index in [1.165, 1.54) is 19.3 Å². The van der Waals surface area contributed by atoms with Crippen molar-refractivity contribution in [3.05, 3.63) is 82.9 Å². The second-order valence-corrected chi connectivity index (χ2v) is 21.7. The number of sulfonamides is 1. The first-order valence-electron chi connectivity index (χ1n) is 22.0. The number of methoxy groups -OCH3 is 1. The summed E-state index contributed by atoms with van der Waals surface area (Å²) in [4.78, 5) is 40.7. The summed E-state index contributed by atoms with van der Waals surface area (Å²) in [6.07, 6.45) is 13.6. The molecule has 324 valence electrons. The zero-order valence-corrected chi connectivity index (χ0v) is 38.1. The third kappa shape index (κ3) is 8.82. The summed E-state index contributed by atoms with van der Waals surface area (Å²) in [5, 5.41) is -0.772. The van der Waals surface area contributed by atoms with Gasteiger partial charge in [-0.25, -0.2) is 18.1 Å². The predicted octanol–water partition coefficient (Wildman–Crippen LogP) is 8.82. The Labute approximate surface area is 358 Å². The van der Waals surface area contributed by atoms with Crippen LogP contribution in [0.3, 0.4) is 0 Å². The summed E-state index contributed by atoms with van der Waals surface area (Å²) in [7, 11) is -0.0151. The molecule has 0 radical (unpaired) electrons. The average Bonchev–Trinajstić information content (AvgIpc) is 3.75. The van der Waals surface area contributed by atoms with E-state index in [2.05, 4.69) is 71.7 Å². The number of imidazole rings is 1. The molecule has 4 aliphatic rings. The molecule has 2 amide bonds. The number of benzene rings is 2. The van der Waals surface area contributed by atoms with Gasteiger partial charge in [-0.3, -0.25) is 14.5 Å². The summed E-state index contributed by atoms with van der Waals surface area (Å²) >= 11 is 0. The van der Waals surface area contributed by atoms with E-state index in [-0.39, 0.29) is 41.1 Å². The first-order chi connectivity index (χ1) is 28.4. The van der Waals surface area contributed by atoms with Crippen LogP contribution in [0.1, 0.15) is 149 Å². The minimum absolute atomic E-state index is 0.00530. The van der Waals surface area contributed by atoms with Gasteiger partial charge in [-0.15, -0.1) is 0 Å². The molecule has 3 aromatic rings. The van der Waals surface area contributed by atoms with Gasteiger partial charge in [0, 0.05) is 53.2 Å². The number of nitrogens with zero attached hydrogens (tertiary/aromatic N) is 5. The molecule has 2 bridgehead atoms. The monoisotopic (exact) mass is 838 g/mol. The van der Waals surface area contributed by atoms with Gasteiger partial charge in [0.25, 0.3) is 11.8 Å². The van der Waals surface area contributed by atoms with Crippen LogP contribution >= 0.6 is 0 Å². The van der Waals surface area contributed by atoms with Crippen molar-refractivity contribution in [2.24, 2.45) is 11.3 Å². The number of nitrogens with one attached hydrogen (secondary N) is 1. The lowest BCUT2D eigenvalue weighted by Gasteiger charge is -2.47. The molecule has 3 fully saturated rings. The van der Waals surface area contributed by atoms with Crippen LogP contribution in [0.2, 0.25) is 0 Å². The van der Waals surface area contributed by atoms with Gasteiger partial charge in [-0.05, 0) is 125 Å². The number of anilines is 1. The maximum Gasteiger partial charge on any atom is 0.275 e. The standard InChI is InChI=1S/C48H66N6O5S/c1-30(2)53-29-49-44(47(56)54-38-18-21-41(54)43(51(9)28-38)26-48(6,7)8)45(53)37-23-36-24-39(59-10)19-20-40(36)32(5)52(27-37)42-25-35(46(55)50-60(57,58)31(3)4)17-16-34(42)22-33-14-12-11-13-15-33/h16-17,19-20,23-25,29-31,33,38,41,43H,5,11-15,18,21-22,26-28H2,1-4,6-10H3,(H,50,55). The second-order valence-electron chi connectivity index (χ2n) is 19.5. The van der Waals surface area contributed by atoms with E-state index in [1.807, 2.05) is 36.7 Å².